The van der Waals surface area contributed by atoms with E-state index in [1.165, 1.54) is 0 Å². The molecule has 4 atom stereocenters. The molecule has 0 amide bonds. The molecule has 1 fully saturated rings. The fourth-order valence-corrected chi connectivity index (χ4v) is 3.54. The Balaban J connectivity index is 2.54. The Hall–Kier alpha value is -1.66. The van der Waals surface area contributed by atoms with Crippen molar-refractivity contribution in [1.29, 1.82) is 0 Å². The number of halogens is 1. The highest BCUT2D eigenvalue weighted by Gasteiger charge is 2.58. The number of nitrogens with one attached hydrogen (secondary N) is 1. The van der Waals surface area contributed by atoms with Crippen LogP contribution >= 0.6 is 11.6 Å². The van der Waals surface area contributed by atoms with Crippen LogP contribution in [0.2, 0.25) is 5.02 Å². The zero-order chi connectivity index (χ0) is 16.7. The Morgan fingerprint density at radius 2 is 1.95 bits per heavy atom. The van der Waals surface area contributed by atoms with Crippen LogP contribution in [0.15, 0.2) is 24.3 Å². The van der Waals surface area contributed by atoms with Gasteiger partial charge in [0.1, 0.15) is 12.1 Å². The Morgan fingerprint density at radius 3 is 2.41 bits per heavy atom. The van der Waals surface area contributed by atoms with Crippen LogP contribution in [0.4, 0.5) is 0 Å². The second kappa shape index (κ2) is 5.85. The lowest BCUT2D eigenvalue weighted by Crippen LogP contribution is -2.44. The molecule has 1 heterocycles. The zero-order valence-electron chi connectivity index (χ0n) is 12.6. The van der Waals surface area contributed by atoms with Gasteiger partial charge < -0.3 is 5.11 Å². The van der Waals surface area contributed by atoms with Gasteiger partial charge in [0.15, 0.2) is 0 Å². The van der Waals surface area contributed by atoms with E-state index in [1.54, 1.807) is 24.3 Å². The van der Waals surface area contributed by atoms with Crippen LogP contribution in [0.3, 0.4) is 0 Å². The van der Waals surface area contributed by atoms with Crippen molar-refractivity contribution in [3.05, 3.63) is 45.0 Å². The highest BCUT2D eigenvalue weighted by Crippen LogP contribution is 2.44. The number of hydrogen-bond donors (Lipinski definition) is 2. The number of carboxylic acids is 1. The van der Waals surface area contributed by atoms with Gasteiger partial charge in [-0.2, -0.15) is 0 Å². The van der Waals surface area contributed by atoms with Crippen LogP contribution in [0.25, 0.3) is 0 Å². The van der Waals surface area contributed by atoms with E-state index in [1.807, 2.05) is 20.8 Å². The largest absolute Gasteiger partial charge is 0.480 e. The number of carboxylic acid groups (broad SMARTS) is 1. The average molecular weight is 327 g/mol. The van der Waals surface area contributed by atoms with Crippen LogP contribution in [-0.2, 0) is 4.79 Å². The van der Waals surface area contributed by atoms with Crippen molar-refractivity contribution < 1.29 is 14.8 Å². The van der Waals surface area contributed by atoms with Gasteiger partial charge in [-0.15, -0.1) is 0 Å². The molecule has 1 aromatic carbocycles. The van der Waals surface area contributed by atoms with Gasteiger partial charge in [0.25, 0.3) is 0 Å². The van der Waals surface area contributed by atoms with Gasteiger partial charge >= 0.3 is 5.97 Å². The summed E-state index contributed by atoms with van der Waals surface area (Å²) < 4.78 is 0. The van der Waals surface area contributed by atoms with Crippen molar-refractivity contribution in [2.45, 2.75) is 38.9 Å². The van der Waals surface area contributed by atoms with Crippen LogP contribution in [-0.4, -0.2) is 28.1 Å². The van der Waals surface area contributed by atoms with Gasteiger partial charge in [0.2, 0.25) is 6.04 Å². The highest BCUT2D eigenvalue weighted by atomic mass is 35.5. The standard InChI is InChI=1S/C15H19ClN2O4/c1-15(2,3)10-12(14(19)20)17-11(13(10)18(21)22)8-6-4-5-7-9(8)16/h4-7,10-13,17H,1-3H3,(H,19,20). The summed E-state index contributed by atoms with van der Waals surface area (Å²) >= 11 is 6.15. The van der Waals surface area contributed by atoms with E-state index in [0.29, 0.717) is 10.6 Å². The topological polar surface area (TPSA) is 92.5 Å². The maximum absolute atomic E-state index is 11.7. The molecule has 4 unspecified atom stereocenters. The fourth-order valence-electron chi connectivity index (χ4n) is 3.29. The molecule has 0 aromatic heterocycles. The van der Waals surface area contributed by atoms with Crippen molar-refractivity contribution >= 4 is 17.6 Å². The van der Waals surface area contributed by atoms with Gasteiger partial charge in [0, 0.05) is 9.95 Å². The lowest BCUT2D eigenvalue weighted by molar-refractivity contribution is -0.535. The van der Waals surface area contributed by atoms with Crippen molar-refractivity contribution in [3.8, 4) is 0 Å². The molecule has 1 aromatic rings. The van der Waals surface area contributed by atoms with Gasteiger partial charge in [-0.25, -0.2) is 0 Å². The Bertz CT molecular complexity index is 599. The van der Waals surface area contributed by atoms with Crippen molar-refractivity contribution in [3.63, 3.8) is 0 Å². The number of aliphatic carboxylic acids is 1. The van der Waals surface area contributed by atoms with Gasteiger partial charge in [-0.05, 0) is 17.0 Å². The van der Waals surface area contributed by atoms with E-state index >= 15 is 0 Å². The maximum Gasteiger partial charge on any atom is 0.321 e. The third-order valence-electron chi connectivity index (χ3n) is 4.18. The molecule has 0 radical (unpaired) electrons. The molecule has 1 saturated heterocycles. The number of rotatable bonds is 3. The van der Waals surface area contributed by atoms with Crippen LogP contribution in [0.5, 0.6) is 0 Å². The summed E-state index contributed by atoms with van der Waals surface area (Å²) in [5, 5.41) is 24.4. The van der Waals surface area contributed by atoms with E-state index in [2.05, 4.69) is 5.32 Å². The lowest BCUT2D eigenvalue weighted by Gasteiger charge is -2.30. The van der Waals surface area contributed by atoms with Gasteiger partial charge in [0.05, 0.1) is 5.92 Å². The zero-order valence-corrected chi connectivity index (χ0v) is 13.4. The smallest absolute Gasteiger partial charge is 0.321 e. The Labute approximate surface area is 133 Å². The summed E-state index contributed by atoms with van der Waals surface area (Å²) in [5.74, 6) is -1.73. The summed E-state index contributed by atoms with van der Waals surface area (Å²) in [7, 11) is 0. The van der Waals surface area contributed by atoms with Gasteiger partial charge in [-0.1, -0.05) is 50.6 Å². The molecule has 1 aliphatic rings. The minimum Gasteiger partial charge on any atom is -0.480 e. The average Bonchev–Trinajstić information content (AvgIpc) is 2.79. The molecule has 1 aliphatic heterocycles. The number of carbonyl (C=O) groups is 1. The number of benzene rings is 1. The fraction of sp³-hybridized carbons (Fsp3) is 0.533. The third kappa shape index (κ3) is 2.94. The second-order valence-electron chi connectivity index (χ2n) is 6.65. The van der Waals surface area contributed by atoms with Crippen LogP contribution < -0.4 is 5.32 Å². The Morgan fingerprint density at radius 1 is 1.36 bits per heavy atom. The van der Waals surface area contributed by atoms with Crippen LogP contribution in [0, 0.1) is 21.4 Å². The van der Waals surface area contributed by atoms with E-state index in [0.717, 1.165) is 0 Å². The van der Waals surface area contributed by atoms with Crippen molar-refractivity contribution in [1.82, 2.24) is 5.32 Å². The number of hydrogen-bond acceptors (Lipinski definition) is 4. The van der Waals surface area contributed by atoms with E-state index in [9.17, 15) is 20.0 Å². The van der Waals surface area contributed by atoms with Crippen molar-refractivity contribution in [2.24, 2.45) is 11.3 Å². The van der Waals surface area contributed by atoms with Crippen molar-refractivity contribution in [2.75, 3.05) is 0 Å². The molecular formula is C15H19ClN2O4. The third-order valence-corrected chi connectivity index (χ3v) is 4.52. The number of nitro groups is 1. The lowest BCUT2D eigenvalue weighted by atomic mass is 9.73. The maximum atomic E-state index is 11.7. The minimum absolute atomic E-state index is 0.389. The molecular weight excluding hydrogens is 308 g/mol. The molecule has 2 N–H and O–H groups in total. The molecule has 0 saturated carbocycles. The first-order valence-electron chi connectivity index (χ1n) is 7.01. The molecule has 22 heavy (non-hydrogen) atoms. The highest BCUT2D eigenvalue weighted by molar-refractivity contribution is 6.31. The molecule has 0 aliphatic carbocycles. The van der Waals surface area contributed by atoms with E-state index < -0.39 is 35.4 Å². The van der Waals surface area contributed by atoms with Crippen LogP contribution in [0.1, 0.15) is 32.4 Å². The SMILES string of the molecule is CC(C)(C)C1C(C(=O)O)NC(c2ccccc2Cl)C1[N+](=O)[O-]. The monoisotopic (exact) mass is 326 g/mol. The normalized spacial score (nSPS) is 28.5. The quantitative estimate of drug-likeness (QED) is 0.658. The summed E-state index contributed by atoms with van der Waals surface area (Å²) in [6.45, 7) is 5.46. The summed E-state index contributed by atoms with van der Waals surface area (Å²) in [6, 6.07) is 4.04. The van der Waals surface area contributed by atoms with Gasteiger partial charge in [-0.3, -0.25) is 20.2 Å². The molecule has 2 rings (SSSR count). The summed E-state index contributed by atoms with van der Waals surface area (Å²) in [5.41, 5.74) is 0.0212. The minimum atomic E-state index is -1.08. The summed E-state index contributed by atoms with van der Waals surface area (Å²) in [4.78, 5) is 22.8. The first kappa shape index (κ1) is 16.7. The number of nitrogens with zero attached hydrogens (tertiary/aromatic N) is 1. The predicted molar refractivity (Wildman–Crippen MR) is 82.5 cm³/mol. The molecule has 6 nitrogen and oxygen atoms in total. The molecule has 0 spiro atoms. The first-order chi connectivity index (χ1) is 10.1. The van der Waals surface area contributed by atoms with E-state index in [-0.39, 0.29) is 4.92 Å². The molecule has 0 bridgehead atoms. The van der Waals surface area contributed by atoms with E-state index in [4.69, 9.17) is 11.6 Å². The second-order valence-corrected chi connectivity index (χ2v) is 7.06. The first-order valence-corrected chi connectivity index (χ1v) is 7.39. The molecule has 7 heteroatoms. The summed E-state index contributed by atoms with van der Waals surface area (Å²) in [6.07, 6.45) is 0. The Kier molecular flexibility index (Phi) is 4.44. The predicted octanol–water partition coefficient (Wildman–Crippen LogP) is 2.75. The molecule has 120 valence electrons.